The van der Waals surface area contributed by atoms with E-state index in [2.05, 4.69) is 60.4 Å². The van der Waals surface area contributed by atoms with Crippen molar-refractivity contribution in [1.29, 1.82) is 0 Å². The minimum Gasteiger partial charge on any atom is -0.508 e. The molecule has 174 valence electrons. The van der Waals surface area contributed by atoms with E-state index in [4.69, 9.17) is 0 Å². The Balaban J connectivity index is 1.74. The molecule has 1 heterocycles. The van der Waals surface area contributed by atoms with Gasteiger partial charge in [0, 0.05) is 6.61 Å². The molecule has 1 saturated heterocycles. The van der Waals surface area contributed by atoms with E-state index >= 15 is 0 Å². The molecule has 0 spiro atoms. The Hall–Kier alpha value is -2.62. The Morgan fingerprint density at radius 1 is 1.00 bits per heavy atom. The highest BCUT2D eigenvalue weighted by molar-refractivity contribution is 5.85. The standard InChI is InChI=1S/C30H37NO2/c1-2-31-19-17-24(18-20-31)23-13-15-26(16-14-23)30(27-10-6-11-28(33)22-27)29(12-7-21-32)25-8-4-3-5-9-25/h4,6,8-11,13-16,22,24,32-33H,2-3,5,7,12,17-21H2,1H3/b30-29+. The molecule has 2 aromatic carbocycles. The normalized spacial score (nSPS) is 18.2. The average Bonchev–Trinajstić information content (AvgIpc) is 2.87. The molecule has 4 rings (SSSR count). The number of nitrogens with zero attached hydrogens (tertiary/aromatic N) is 1. The number of phenolic OH excluding ortho intramolecular Hbond substituents is 1. The molecule has 1 aliphatic heterocycles. The van der Waals surface area contributed by atoms with Gasteiger partial charge in [-0.15, -0.1) is 0 Å². The van der Waals surface area contributed by atoms with Crippen molar-refractivity contribution in [3.05, 3.63) is 94.6 Å². The first-order valence-corrected chi connectivity index (χ1v) is 12.5. The number of hydrogen-bond donors (Lipinski definition) is 2. The van der Waals surface area contributed by atoms with Crippen LogP contribution in [-0.4, -0.2) is 41.4 Å². The van der Waals surface area contributed by atoms with E-state index in [0.29, 0.717) is 5.92 Å². The summed E-state index contributed by atoms with van der Waals surface area (Å²) in [6, 6.07) is 16.7. The quantitative estimate of drug-likeness (QED) is 0.493. The summed E-state index contributed by atoms with van der Waals surface area (Å²) in [4.78, 5) is 2.53. The lowest BCUT2D eigenvalue weighted by atomic mass is 9.84. The van der Waals surface area contributed by atoms with E-state index in [1.807, 2.05) is 12.1 Å². The maximum absolute atomic E-state index is 10.2. The number of allylic oxidation sites excluding steroid dienone is 5. The number of aliphatic hydroxyl groups excluding tert-OH is 1. The summed E-state index contributed by atoms with van der Waals surface area (Å²) in [5, 5.41) is 19.8. The van der Waals surface area contributed by atoms with Gasteiger partial charge in [-0.3, -0.25) is 0 Å². The molecular formula is C30H37NO2. The van der Waals surface area contributed by atoms with Crippen molar-refractivity contribution in [1.82, 2.24) is 4.90 Å². The maximum atomic E-state index is 10.2. The SMILES string of the molecule is CCN1CCC(c2ccc(/C(=C(/CCCO)C3=CCCC=C3)c3cccc(O)c3)cc2)CC1. The van der Waals surface area contributed by atoms with Crippen molar-refractivity contribution in [2.75, 3.05) is 26.2 Å². The molecule has 2 N–H and O–H groups in total. The van der Waals surface area contributed by atoms with Gasteiger partial charge in [-0.1, -0.05) is 61.5 Å². The zero-order chi connectivity index (χ0) is 23.0. The highest BCUT2D eigenvalue weighted by Crippen LogP contribution is 2.37. The molecule has 0 aromatic heterocycles. The second-order valence-corrected chi connectivity index (χ2v) is 9.20. The third-order valence-corrected chi connectivity index (χ3v) is 7.07. The molecule has 0 saturated carbocycles. The van der Waals surface area contributed by atoms with Crippen molar-refractivity contribution < 1.29 is 10.2 Å². The van der Waals surface area contributed by atoms with Crippen molar-refractivity contribution in [3.63, 3.8) is 0 Å². The van der Waals surface area contributed by atoms with Crippen LogP contribution in [0.5, 0.6) is 5.75 Å². The first kappa shape index (κ1) is 23.5. The zero-order valence-corrected chi connectivity index (χ0v) is 19.8. The Morgan fingerprint density at radius 3 is 2.42 bits per heavy atom. The third-order valence-electron chi connectivity index (χ3n) is 7.07. The minimum atomic E-state index is 0.170. The van der Waals surface area contributed by atoms with Crippen molar-refractivity contribution in [2.24, 2.45) is 0 Å². The predicted octanol–water partition coefficient (Wildman–Crippen LogP) is 6.44. The van der Waals surface area contributed by atoms with Crippen LogP contribution in [0.15, 0.2) is 77.9 Å². The van der Waals surface area contributed by atoms with Crippen LogP contribution in [0, 0.1) is 0 Å². The van der Waals surface area contributed by atoms with Crippen LogP contribution in [0.4, 0.5) is 0 Å². The van der Waals surface area contributed by atoms with Crippen LogP contribution < -0.4 is 0 Å². The summed E-state index contributed by atoms with van der Waals surface area (Å²) in [6.07, 6.45) is 12.8. The average molecular weight is 444 g/mol. The van der Waals surface area contributed by atoms with E-state index in [1.54, 1.807) is 6.07 Å². The summed E-state index contributed by atoms with van der Waals surface area (Å²) < 4.78 is 0. The van der Waals surface area contributed by atoms with Crippen molar-refractivity contribution >= 4 is 5.57 Å². The lowest BCUT2D eigenvalue weighted by Gasteiger charge is -2.31. The molecule has 33 heavy (non-hydrogen) atoms. The minimum absolute atomic E-state index is 0.170. The molecule has 3 heteroatoms. The monoisotopic (exact) mass is 443 g/mol. The fourth-order valence-corrected chi connectivity index (χ4v) is 5.19. The number of hydrogen-bond acceptors (Lipinski definition) is 3. The number of benzene rings is 2. The molecule has 3 nitrogen and oxygen atoms in total. The van der Waals surface area contributed by atoms with Gasteiger partial charge in [0.2, 0.25) is 0 Å². The van der Waals surface area contributed by atoms with E-state index in [9.17, 15) is 10.2 Å². The Kier molecular flexibility index (Phi) is 8.20. The number of aliphatic hydroxyl groups is 1. The van der Waals surface area contributed by atoms with Crippen LogP contribution in [0.25, 0.3) is 5.57 Å². The van der Waals surface area contributed by atoms with Crippen molar-refractivity contribution in [3.8, 4) is 5.75 Å². The molecule has 2 aromatic rings. The Morgan fingerprint density at radius 2 is 1.79 bits per heavy atom. The summed E-state index contributed by atoms with van der Waals surface area (Å²) >= 11 is 0. The Bertz CT molecular complexity index is 1010. The molecule has 0 radical (unpaired) electrons. The number of aromatic hydroxyl groups is 1. The topological polar surface area (TPSA) is 43.7 Å². The fraction of sp³-hybridized carbons (Fsp3) is 0.400. The van der Waals surface area contributed by atoms with Crippen molar-refractivity contribution in [2.45, 2.75) is 51.4 Å². The summed E-state index contributed by atoms with van der Waals surface area (Å²) in [7, 11) is 0. The van der Waals surface area contributed by atoms with Gasteiger partial charge in [-0.2, -0.15) is 0 Å². The van der Waals surface area contributed by atoms with Gasteiger partial charge in [0.15, 0.2) is 0 Å². The summed E-state index contributed by atoms with van der Waals surface area (Å²) in [5.41, 5.74) is 7.26. The van der Waals surface area contributed by atoms with E-state index < -0.39 is 0 Å². The van der Waals surface area contributed by atoms with E-state index in [-0.39, 0.29) is 12.4 Å². The van der Waals surface area contributed by atoms with Gasteiger partial charge in [-0.05, 0) is 110 Å². The second-order valence-electron chi connectivity index (χ2n) is 9.20. The summed E-state index contributed by atoms with van der Waals surface area (Å²) in [5.74, 6) is 0.909. The zero-order valence-electron chi connectivity index (χ0n) is 19.8. The number of rotatable bonds is 8. The maximum Gasteiger partial charge on any atom is 0.116 e. The molecule has 0 amide bonds. The lowest BCUT2D eigenvalue weighted by molar-refractivity contribution is 0.222. The first-order valence-electron chi connectivity index (χ1n) is 12.5. The van der Waals surface area contributed by atoms with Crippen LogP contribution in [0.3, 0.4) is 0 Å². The van der Waals surface area contributed by atoms with Gasteiger partial charge in [0.05, 0.1) is 0 Å². The molecule has 1 fully saturated rings. The summed E-state index contributed by atoms with van der Waals surface area (Å²) in [6.45, 7) is 5.93. The van der Waals surface area contributed by atoms with Gasteiger partial charge >= 0.3 is 0 Å². The van der Waals surface area contributed by atoms with Gasteiger partial charge in [0.25, 0.3) is 0 Å². The van der Waals surface area contributed by atoms with Crippen LogP contribution >= 0.6 is 0 Å². The van der Waals surface area contributed by atoms with Crippen LogP contribution in [0.2, 0.25) is 0 Å². The molecule has 0 bridgehead atoms. The van der Waals surface area contributed by atoms with Gasteiger partial charge in [0.1, 0.15) is 5.75 Å². The third kappa shape index (κ3) is 5.85. The van der Waals surface area contributed by atoms with E-state index in [1.165, 1.54) is 48.2 Å². The Labute approximate surface area is 198 Å². The molecule has 1 aliphatic carbocycles. The van der Waals surface area contributed by atoms with Gasteiger partial charge < -0.3 is 15.1 Å². The highest BCUT2D eigenvalue weighted by Gasteiger charge is 2.21. The van der Waals surface area contributed by atoms with E-state index in [0.717, 1.165) is 43.4 Å². The number of likely N-dealkylation sites (tertiary alicyclic amines) is 1. The molecule has 2 aliphatic rings. The second kappa shape index (κ2) is 11.5. The lowest BCUT2D eigenvalue weighted by Crippen LogP contribution is -2.32. The van der Waals surface area contributed by atoms with Gasteiger partial charge in [-0.25, -0.2) is 0 Å². The predicted molar refractivity (Wildman–Crippen MR) is 137 cm³/mol. The number of phenols is 1. The fourth-order valence-electron chi connectivity index (χ4n) is 5.19. The number of piperidine rings is 1. The molecule has 0 unspecified atom stereocenters. The van der Waals surface area contributed by atoms with Crippen LogP contribution in [0.1, 0.15) is 68.1 Å². The van der Waals surface area contributed by atoms with Crippen LogP contribution in [-0.2, 0) is 0 Å². The molecule has 0 atom stereocenters. The highest BCUT2D eigenvalue weighted by atomic mass is 16.3. The largest absolute Gasteiger partial charge is 0.508 e. The first-order chi connectivity index (χ1) is 16.2. The molecular weight excluding hydrogens is 406 g/mol. The smallest absolute Gasteiger partial charge is 0.116 e.